The van der Waals surface area contributed by atoms with Gasteiger partial charge in [0.15, 0.2) is 0 Å². The Morgan fingerprint density at radius 1 is 1.30 bits per heavy atom. The summed E-state index contributed by atoms with van der Waals surface area (Å²) in [6, 6.07) is 8.66. The minimum absolute atomic E-state index is 0.756. The molecule has 1 aromatic heterocycles. The Kier molecular flexibility index (Phi) is 6.43. The van der Waals surface area contributed by atoms with Crippen LogP contribution < -0.4 is 5.32 Å². The summed E-state index contributed by atoms with van der Waals surface area (Å²) in [5, 5.41) is 4.79. The number of para-hydroxylation sites is 1. The number of benzene rings is 1. The fourth-order valence-electron chi connectivity index (χ4n) is 2.35. The molecule has 0 saturated carbocycles. The van der Waals surface area contributed by atoms with E-state index in [-0.39, 0.29) is 0 Å². The maximum absolute atomic E-state index is 5.07. The first-order valence-corrected chi connectivity index (χ1v) is 8.36. The normalized spacial score (nSPS) is 11.3. The van der Waals surface area contributed by atoms with E-state index in [9.17, 15) is 0 Å². The third-order valence-electron chi connectivity index (χ3n) is 3.35. The fourth-order valence-corrected chi connectivity index (χ4v) is 2.97. The fraction of sp³-hybridized carbons (Fsp3) is 0.500. The van der Waals surface area contributed by atoms with Crippen LogP contribution in [0.5, 0.6) is 0 Å². The monoisotopic (exact) mass is 292 g/mol. The number of methoxy groups -OCH3 is 1. The van der Waals surface area contributed by atoms with Gasteiger partial charge in [-0.25, -0.2) is 0 Å². The Balaban J connectivity index is 2.09. The molecule has 4 heteroatoms. The summed E-state index contributed by atoms with van der Waals surface area (Å²) in [6.45, 7) is 5.84. The standard InChI is InChI=1S/C16H24N2OS/c1-3-20-11-9-18-13-14(12-17-8-10-19-2)15-6-4-5-7-16(15)18/h4-7,13,17H,3,8-12H2,1-2H3. The topological polar surface area (TPSA) is 26.2 Å². The van der Waals surface area contributed by atoms with Gasteiger partial charge in [-0.3, -0.25) is 0 Å². The van der Waals surface area contributed by atoms with Crippen LogP contribution in [0.3, 0.4) is 0 Å². The van der Waals surface area contributed by atoms with E-state index in [4.69, 9.17) is 4.74 Å². The number of hydrogen-bond acceptors (Lipinski definition) is 3. The van der Waals surface area contributed by atoms with Gasteiger partial charge in [-0.2, -0.15) is 11.8 Å². The van der Waals surface area contributed by atoms with Crippen LogP contribution in [-0.2, 0) is 17.8 Å². The molecule has 0 aliphatic carbocycles. The Labute approximate surface area is 125 Å². The second-order valence-electron chi connectivity index (χ2n) is 4.73. The van der Waals surface area contributed by atoms with Crippen molar-refractivity contribution < 1.29 is 4.74 Å². The summed E-state index contributed by atoms with van der Waals surface area (Å²) in [4.78, 5) is 0. The van der Waals surface area contributed by atoms with Gasteiger partial charge in [0.05, 0.1) is 6.61 Å². The van der Waals surface area contributed by atoms with Gasteiger partial charge in [0.2, 0.25) is 0 Å². The number of aryl methyl sites for hydroxylation is 1. The van der Waals surface area contributed by atoms with E-state index in [2.05, 4.69) is 47.3 Å². The van der Waals surface area contributed by atoms with Crippen molar-refractivity contribution in [1.82, 2.24) is 9.88 Å². The second-order valence-corrected chi connectivity index (χ2v) is 6.13. The molecule has 2 rings (SSSR count). The molecule has 3 nitrogen and oxygen atoms in total. The molecule has 110 valence electrons. The van der Waals surface area contributed by atoms with Crippen LogP contribution in [0.4, 0.5) is 0 Å². The van der Waals surface area contributed by atoms with Crippen molar-refractivity contribution >= 4 is 22.7 Å². The van der Waals surface area contributed by atoms with Crippen LogP contribution in [0.1, 0.15) is 12.5 Å². The van der Waals surface area contributed by atoms with Crippen LogP contribution in [0.2, 0.25) is 0 Å². The maximum Gasteiger partial charge on any atom is 0.0587 e. The van der Waals surface area contributed by atoms with E-state index in [1.807, 2.05) is 11.8 Å². The lowest BCUT2D eigenvalue weighted by Crippen LogP contribution is -2.18. The number of rotatable bonds is 9. The van der Waals surface area contributed by atoms with Gasteiger partial charge in [-0.05, 0) is 17.4 Å². The van der Waals surface area contributed by atoms with Crippen LogP contribution in [0.25, 0.3) is 10.9 Å². The van der Waals surface area contributed by atoms with Gasteiger partial charge in [-0.15, -0.1) is 0 Å². The highest BCUT2D eigenvalue weighted by molar-refractivity contribution is 7.99. The molecule has 1 N–H and O–H groups in total. The molecule has 0 fully saturated rings. The molecular formula is C16H24N2OS. The lowest BCUT2D eigenvalue weighted by Gasteiger charge is -2.03. The second kappa shape index (κ2) is 8.35. The molecule has 2 aromatic rings. The first-order valence-electron chi connectivity index (χ1n) is 7.21. The van der Waals surface area contributed by atoms with E-state index in [1.165, 1.54) is 28.0 Å². The minimum Gasteiger partial charge on any atom is -0.383 e. The van der Waals surface area contributed by atoms with Crippen molar-refractivity contribution in [3.8, 4) is 0 Å². The highest BCUT2D eigenvalue weighted by atomic mass is 32.2. The molecule has 0 saturated heterocycles. The van der Waals surface area contributed by atoms with Gasteiger partial charge in [0.1, 0.15) is 0 Å². The van der Waals surface area contributed by atoms with Crippen molar-refractivity contribution in [3.05, 3.63) is 36.0 Å². The van der Waals surface area contributed by atoms with Gasteiger partial charge < -0.3 is 14.6 Å². The number of nitrogens with one attached hydrogen (secondary N) is 1. The maximum atomic E-state index is 5.07. The number of aromatic nitrogens is 1. The predicted molar refractivity (Wildman–Crippen MR) is 88.5 cm³/mol. The van der Waals surface area contributed by atoms with E-state index in [0.29, 0.717) is 0 Å². The zero-order valence-corrected chi connectivity index (χ0v) is 13.2. The molecule has 0 bridgehead atoms. The minimum atomic E-state index is 0.756. The molecule has 0 aliphatic rings. The molecule has 0 spiro atoms. The van der Waals surface area contributed by atoms with E-state index < -0.39 is 0 Å². The third kappa shape index (κ3) is 4.01. The summed E-state index contributed by atoms with van der Waals surface area (Å²) in [5.74, 6) is 2.36. The number of thioether (sulfide) groups is 1. The van der Waals surface area contributed by atoms with Crippen molar-refractivity contribution in [2.45, 2.75) is 20.0 Å². The third-order valence-corrected chi connectivity index (χ3v) is 4.23. The van der Waals surface area contributed by atoms with Crippen LogP contribution >= 0.6 is 11.8 Å². The van der Waals surface area contributed by atoms with E-state index >= 15 is 0 Å². The van der Waals surface area contributed by atoms with Crippen molar-refractivity contribution in [3.63, 3.8) is 0 Å². The van der Waals surface area contributed by atoms with Gasteiger partial charge in [-0.1, -0.05) is 25.1 Å². The highest BCUT2D eigenvalue weighted by Crippen LogP contribution is 2.21. The first-order chi connectivity index (χ1) is 9.86. The Bertz CT molecular complexity index is 524. The molecule has 0 amide bonds. The van der Waals surface area contributed by atoms with E-state index in [0.717, 1.165) is 26.2 Å². The van der Waals surface area contributed by atoms with Gasteiger partial charge >= 0.3 is 0 Å². The smallest absolute Gasteiger partial charge is 0.0587 e. The van der Waals surface area contributed by atoms with E-state index in [1.54, 1.807) is 7.11 Å². The number of hydrogen-bond donors (Lipinski definition) is 1. The zero-order chi connectivity index (χ0) is 14.2. The summed E-state index contributed by atoms with van der Waals surface area (Å²) in [5.41, 5.74) is 2.71. The highest BCUT2D eigenvalue weighted by Gasteiger charge is 2.07. The number of fused-ring (bicyclic) bond motifs is 1. The van der Waals surface area contributed by atoms with Crippen molar-refractivity contribution in [2.24, 2.45) is 0 Å². The van der Waals surface area contributed by atoms with Crippen LogP contribution in [0, 0.1) is 0 Å². The molecule has 0 atom stereocenters. The average molecular weight is 292 g/mol. The lowest BCUT2D eigenvalue weighted by atomic mass is 10.2. The Morgan fingerprint density at radius 2 is 2.15 bits per heavy atom. The summed E-state index contributed by atoms with van der Waals surface area (Å²) in [6.07, 6.45) is 2.29. The summed E-state index contributed by atoms with van der Waals surface area (Å²) < 4.78 is 7.45. The molecule has 1 heterocycles. The molecule has 0 unspecified atom stereocenters. The molecular weight excluding hydrogens is 268 g/mol. The van der Waals surface area contributed by atoms with Crippen LogP contribution in [0.15, 0.2) is 30.5 Å². The molecule has 20 heavy (non-hydrogen) atoms. The summed E-state index contributed by atoms with van der Waals surface area (Å²) >= 11 is 1.99. The zero-order valence-electron chi connectivity index (χ0n) is 12.4. The number of ether oxygens (including phenoxy) is 1. The van der Waals surface area contributed by atoms with Crippen molar-refractivity contribution in [1.29, 1.82) is 0 Å². The Hall–Kier alpha value is -0.970. The van der Waals surface area contributed by atoms with Gasteiger partial charge in [0.25, 0.3) is 0 Å². The molecule has 0 radical (unpaired) electrons. The SMILES string of the molecule is CCSCCn1cc(CNCCOC)c2ccccc21. The predicted octanol–water partition coefficient (Wildman–Crippen LogP) is 3.13. The lowest BCUT2D eigenvalue weighted by molar-refractivity contribution is 0.199. The van der Waals surface area contributed by atoms with Gasteiger partial charge in [0, 0.05) is 49.6 Å². The number of nitrogens with zero attached hydrogens (tertiary/aromatic N) is 1. The average Bonchev–Trinajstić information content (AvgIpc) is 2.83. The van der Waals surface area contributed by atoms with Crippen molar-refractivity contribution in [2.75, 3.05) is 31.8 Å². The first kappa shape index (κ1) is 15.4. The summed E-state index contributed by atoms with van der Waals surface area (Å²) in [7, 11) is 1.74. The van der Waals surface area contributed by atoms with Crippen LogP contribution in [-0.4, -0.2) is 36.3 Å². The quantitative estimate of drug-likeness (QED) is 0.719. The molecule has 0 aliphatic heterocycles. The Morgan fingerprint density at radius 3 is 2.95 bits per heavy atom. The molecule has 1 aromatic carbocycles. The largest absolute Gasteiger partial charge is 0.383 e.